The van der Waals surface area contributed by atoms with E-state index in [1.54, 1.807) is 0 Å². The number of halogens is 2. The first kappa shape index (κ1) is 13.6. The third kappa shape index (κ3) is 3.85. The second-order valence-corrected chi connectivity index (χ2v) is 4.83. The maximum Gasteiger partial charge on any atom is 0.124 e. The van der Waals surface area contributed by atoms with Gasteiger partial charge >= 0.3 is 0 Å². The molecule has 0 saturated carbocycles. The molecule has 1 unspecified atom stereocenters. The van der Waals surface area contributed by atoms with Gasteiger partial charge in [-0.15, -0.1) is 0 Å². The van der Waals surface area contributed by atoms with E-state index in [4.69, 9.17) is 5.11 Å². The van der Waals surface area contributed by atoms with Gasteiger partial charge in [-0.25, -0.2) is 4.39 Å². The highest BCUT2D eigenvalue weighted by molar-refractivity contribution is 9.10. The average Bonchev–Trinajstić information content (AvgIpc) is 2.24. The topological polar surface area (TPSA) is 32.3 Å². The monoisotopic (exact) mass is 289 g/mol. The van der Waals surface area contributed by atoms with E-state index in [1.165, 1.54) is 12.1 Å². The Balaban J connectivity index is 2.86. The Morgan fingerprint density at radius 1 is 1.44 bits per heavy atom. The molecule has 4 heteroatoms. The number of benzene rings is 1. The first-order valence-corrected chi connectivity index (χ1v) is 6.19. The van der Waals surface area contributed by atoms with Gasteiger partial charge in [0.15, 0.2) is 0 Å². The lowest BCUT2D eigenvalue weighted by Gasteiger charge is -2.21. The zero-order valence-electron chi connectivity index (χ0n) is 9.50. The van der Waals surface area contributed by atoms with Crippen molar-refractivity contribution in [1.82, 2.24) is 5.32 Å². The van der Waals surface area contributed by atoms with Crippen molar-refractivity contribution in [2.24, 2.45) is 0 Å². The van der Waals surface area contributed by atoms with Crippen LogP contribution in [0.25, 0.3) is 0 Å². The third-order valence-corrected chi connectivity index (χ3v) is 2.91. The Hall–Kier alpha value is -0.450. The van der Waals surface area contributed by atoms with Gasteiger partial charge in [0, 0.05) is 16.6 Å². The van der Waals surface area contributed by atoms with Gasteiger partial charge in [0.25, 0.3) is 0 Å². The quantitative estimate of drug-likeness (QED) is 0.873. The fourth-order valence-electron chi connectivity index (χ4n) is 1.62. The highest BCUT2D eigenvalue weighted by Gasteiger charge is 2.13. The SMILES string of the molecule is CCC(N[C@H](C)CO)c1cc(F)cc(Br)c1. The summed E-state index contributed by atoms with van der Waals surface area (Å²) >= 11 is 3.28. The lowest BCUT2D eigenvalue weighted by Crippen LogP contribution is -2.32. The second-order valence-electron chi connectivity index (χ2n) is 3.91. The van der Waals surface area contributed by atoms with Crippen molar-refractivity contribution >= 4 is 15.9 Å². The fraction of sp³-hybridized carbons (Fsp3) is 0.500. The number of hydrogen-bond acceptors (Lipinski definition) is 2. The zero-order valence-corrected chi connectivity index (χ0v) is 11.1. The lowest BCUT2D eigenvalue weighted by molar-refractivity contribution is 0.239. The van der Waals surface area contributed by atoms with Crippen LogP contribution < -0.4 is 5.32 Å². The molecule has 0 fully saturated rings. The minimum Gasteiger partial charge on any atom is -0.395 e. The molecular weight excluding hydrogens is 273 g/mol. The van der Waals surface area contributed by atoms with E-state index < -0.39 is 0 Å². The molecular formula is C12H17BrFNO. The normalized spacial score (nSPS) is 14.8. The van der Waals surface area contributed by atoms with Gasteiger partial charge in [-0.3, -0.25) is 0 Å². The van der Waals surface area contributed by atoms with Crippen LogP contribution in [0.1, 0.15) is 31.9 Å². The molecule has 0 radical (unpaired) electrons. The largest absolute Gasteiger partial charge is 0.395 e. The van der Waals surface area contributed by atoms with E-state index in [1.807, 2.05) is 19.9 Å². The highest BCUT2D eigenvalue weighted by Crippen LogP contribution is 2.22. The molecule has 0 bridgehead atoms. The van der Waals surface area contributed by atoms with Crippen LogP contribution in [0.15, 0.2) is 22.7 Å². The molecule has 2 N–H and O–H groups in total. The molecule has 2 atom stereocenters. The van der Waals surface area contributed by atoms with Crippen LogP contribution in [0.2, 0.25) is 0 Å². The van der Waals surface area contributed by atoms with E-state index in [2.05, 4.69) is 21.2 Å². The van der Waals surface area contributed by atoms with Gasteiger partial charge in [-0.2, -0.15) is 0 Å². The van der Waals surface area contributed by atoms with Crippen LogP contribution in [-0.4, -0.2) is 17.8 Å². The standard InChI is InChI=1S/C12H17BrFNO/c1-3-12(15-8(2)7-16)9-4-10(13)6-11(14)5-9/h4-6,8,12,15-16H,3,7H2,1-2H3/t8-,12?/m1/s1. The number of aliphatic hydroxyl groups excluding tert-OH is 1. The average molecular weight is 290 g/mol. The molecule has 1 aromatic rings. The summed E-state index contributed by atoms with van der Waals surface area (Å²) in [5.41, 5.74) is 0.898. The highest BCUT2D eigenvalue weighted by atomic mass is 79.9. The van der Waals surface area contributed by atoms with Gasteiger partial charge in [0.05, 0.1) is 6.61 Å². The number of rotatable bonds is 5. The van der Waals surface area contributed by atoms with Gasteiger partial charge < -0.3 is 10.4 Å². The molecule has 1 rings (SSSR count). The van der Waals surface area contributed by atoms with Crippen molar-refractivity contribution in [3.05, 3.63) is 34.1 Å². The number of aliphatic hydroxyl groups is 1. The summed E-state index contributed by atoms with van der Waals surface area (Å²) in [5.74, 6) is -0.249. The summed E-state index contributed by atoms with van der Waals surface area (Å²) < 4.78 is 14.0. The summed E-state index contributed by atoms with van der Waals surface area (Å²) in [6.45, 7) is 4.00. The Bertz CT molecular complexity index is 326. The summed E-state index contributed by atoms with van der Waals surface area (Å²) in [4.78, 5) is 0. The first-order valence-electron chi connectivity index (χ1n) is 5.39. The minimum atomic E-state index is -0.249. The molecule has 0 aliphatic carbocycles. The summed E-state index contributed by atoms with van der Waals surface area (Å²) in [6.07, 6.45) is 0.847. The molecule has 0 spiro atoms. The molecule has 2 nitrogen and oxygen atoms in total. The Morgan fingerprint density at radius 2 is 2.12 bits per heavy atom. The van der Waals surface area contributed by atoms with Crippen LogP contribution in [-0.2, 0) is 0 Å². The zero-order chi connectivity index (χ0) is 12.1. The molecule has 90 valence electrons. The van der Waals surface area contributed by atoms with Crippen LogP contribution in [0.5, 0.6) is 0 Å². The van der Waals surface area contributed by atoms with Crippen molar-refractivity contribution < 1.29 is 9.50 Å². The van der Waals surface area contributed by atoms with Crippen molar-refractivity contribution in [3.63, 3.8) is 0 Å². The lowest BCUT2D eigenvalue weighted by atomic mass is 10.0. The number of nitrogens with one attached hydrogen (secondary N) is 1. The Kier molecular flexibility index (Phi) is 5.38. The van der Waals surface area contributed by atoms with Crippen LogP contribution in [0.4, 0.5) is 4.39 Å². The van der Waals surface area contributed by atoms with Crippen molar-refractivity contribution in [2.45, 2.75) is 32.4 Å². The Morgan fingerprint density at radius 3 is 2.62 bits per heavy atom. The van der Waals surface area contributed by atoms with Crippen LogP contribution in [0, 0.1) is 5.82 Å². The number of hydrogen-bond donors (Lipinski definition) is 2. The summed E-state index contributed by atoms with van der Waals surface area (Å²) in [7, 11) is 0. The van der Waals surface area contributed by atoms with Gasteiger partial charge in [-0.1, -0.05) is 22.9 Å². The maximum absolute atomic E-state index is 13.2. The van der Waals surface area contributed by atoms with Crippen molar-refractivity contribution in [1.29, 1.82) is 0 Å². The summed E-state index contributed by atoms with van der Waals surface area (Å²) in [5, 5.41) is 12.2. The second kappa shape index (κ2) is 6.33. The first-order chi connectivity index (χ1) is 7.56. The van der Waals surface area contributed by atoms with Gasteiger partial charge in [0.1, 0.15) is 5.82 Å². The molecule has 0 aliphatic heterocycles. The smallest absolute Gasteiger partial charge is 0.124 e. The minimum absolute atomic E-state index is 0.00647. The predicted molar refractivity (Wildman–Crippen MR) is 66.8 cm³/mol. The fourth-order valence-corrected chi connectivity index (χ4v) is 2.11. The van der Waals surface area contributed by atoms with E-state index in [0.717, 1.165) is 16.5 Å². The molecule has 0 saturated heterocycles. The predicted octanol–water partition coefficient (Wildman–Crippen LogP) is 3.01. The maximum atomic E-state index is 13.2. The molecule has 0 aromatic heterocycles. The van der Waals surface area contributed by atoms with Gasteiger partial charge in [0.2, 0.25) is 0 Å². The molecule has 16 heavy (non-hydrogen) atoms. The van der Waals surface area contributed by atoms with E-state index in [0.29, 0.717) is 0 Å². The van der Waals surface area contributed by atoms with E-state index >= 15 is 0 Å². The van der Waals surface area contributed by atoms with Crippen LogP contribution in [0.3, 0.4) is 0 Å². The molecule has 0 amide bonds. The van der Waals surface area contributed by atoms with Crippen LogP contribution >= 0.6 is 15.9 Å². The molecule has 1 aromatic carbocycles. The van der Waals surface area contributed by atoms with Crippen molar-refractivity contribution in [3.8, 4) is 0 Å². The molecule has 0 aliphatic rings. The van der Waals surface area contributed by atoms with E-state index in [9.17, 15) is 4.39 Å². The van der Waals surface area contributed by atoms with E-state index in [-0.39, 0.29) is 24.5 Å². The third-order valence-electron chi connectivity index (χ3n) is 2.46. The van der Waals surface area contributed by atoms with Gasteiger partial charge in [-0.05, 0) is 37.1 Å². The Labute approximate surface area is 104 Å². The summed E-state index contributed by atoms with van der Waals surface area (Å²) in [6, 6.07) is 4.93. The molecule has 0 heterocycles. The van der Waals surface area contributed by atoms with Crippen molar-refractivity contribution in [2.75, 3.05) is 6.61 Å².